The molecule has 0 radical (unpaired) electrons. The van der Waals surface area contributed by atoms with E-state index < -0.39 is 6.10 Å². The van der Waals surface area contributed by atoms with Crippen molar-refractivity contribution in [2.45, 2.75) is 45.8 Å². The maximum Gasteiger partial charge on any atom is 0.119 e. The Hall–Kier alpha value is -1.46. The number of rotatable bonds is 6. The number of nitrogens with zero attached hydrogens (tertiary/aromatic N) is 2. The number of ether oxygens (including phenoxy) is 1. The SMILES string of the molecule is CCCc1nnsc1C(O)c1ccc(OC(C)C)cc1. The molecule has 0 saturated carbocycles. The van der Waals surface area contributed by atoms with Gasteiger partial charge in [-0.05, 0) is 49.5 Å². The van der Waals surface area contributed by atoms with Gasteiger partial charge in [0.1, 0.15) is 11.9 Å². The van der Waals surface area contributed by atoms with Gasteiger partial charge in [0.05, 0.1) is 16.7 Å². The quantitative estimate of drug-likeness (QED) is 0.887. The van der Waals surface area contributed by atoms with Crippen LogP contribution in [0, 0.1) is 0 Å². The van der Waals surface area contributed by atoms with Crippen molar-refractivity contribution in [2.24, 2.45) is 0 Å². The zero-order valence-corrected chi connectivity index (χ0v) is 12.9. The minimum Gasteiger partial charge on any atom is -0.491 e. The molecule has 2 aromatic rings. The van der Waals surface area contributed by atoms with Gasteiger partial charge in [-0.1, -0.05) is 30.0 Å². The molecule has 0 spiro atoms. The number of aryl methyl sites for hydroxylation is 1. The Morgan fingerprint density at radius 1 is 1.25 bits per heavy atom. The van der Waals surface area contributed by atoms with E-state index in [-0.39, 0.29) is 6.10 Å². The molecule has 20 heavy (non-hydrogen) atoms. The van der Waals surface area contributed by atoms with Gasteiger partial charge in [-0.2, -0.15) is 0 Å². The van der Waals surface area contributed by atoms with E-state index in [4.69, 9.17) is 4.74 Å². The first kappa shape index (κ1) is 14.9. The normalized spacial score (nSPS) is 12.7. The third-order valence-corrected chi connectivity index (χ3v) is 3.71. The fourth-order valence-corrected chi connectivity index (χ4v) is 2.70. The topological polar surface area (TPSA) is 55.2 Å². The van der Waals surface area contributed by atoms with Crippen LogP contribution in [0.15, 0.2) is 24.3 Å². The Balaban J connectivity index is 2.16. The Bertz CT molecular complexity index is 537. The first-order valence-electron chi connectivity index (χ1n) is 6.87. The number of hydrogen-bond acceptors (Lipinski definition) is 5. The Kier molecular flexibility index (Phi) is 5.09. The van der Waals surface area contributed by atoms with Gasteiger partial charge in [-0.25, -0.2) is 0 Å². The summed E-state index contributed by atoms with van der Waals surface area (Å²) in [5.74, 6) is 0.812. The van der Waals surface area contributed by atoms with Crippen LogP contribution in [0.25, 0.3) is 0 Å². The summed E-state index contributed by atoms with van der Waals surface area (Å²) in [6.45, 7) is 6.07. The molecule has 108 valence electrons. The second-order valence-electron chi connectivity index (χ2n) is 4.97. The van der Waals surface area contributed by atoms with Gasteiger partial charge in [0.15, 0.2) is 0 Å². The molecular formula is C15H20N2O2S. The predicted molar refractivity (Wildman–Crippen MR) is 80.2 cm³/mol. The monoisotopic (exact) mass is 292 g/mol. The van der Waals surface area contributed by atoms with E-state index in [1.54, 1.807) is 0 Å². The summed E-state index contributed by atoms with van der Waals surface area (Å²) < 4.78 is 9.55. The van der Waals surface area contributed by atoms with E-state index in [1.807, 2.05) is 38.1 Å². The number of hydrogen-bond donors (Lipinski definition) is 1. The average molecular weight is 292 g/mol. The maximum atomic E-state index is 10.5. The lowest BCUT2D eigenvalue weighted by molar-refractivity contribution is 0.221. The Morgan fingerprint density at radius 2 is 1.95 bits per heavy atom. The molecule has 0 aliphatic rings. The molecule has 5 heteroatoms. The van der Waals surface area contributed by atoms with Crippen molar-refractivity contribution in [3.05, 3.63) is 40.4 Å². The van der Waals surface area contributed by atoms with Gasteiger partial charge < -0.3 is 9.84 Å². The van der Waals surface area contributed by atoms with E-state index in [2.05, 4.69) is 16.5 Å². The molecule has 0 saturated heterocycles. The van der Waals surface area contributed by atoms with Crippen molar-refractivity contribution in [1.82, 2.24) is 9.59 Å². The number of benzene rings is 1. The van der Waals surface area contributed by atoms with Crippen LogP contribution in [0.4, 0.5) is 0 Å². The van der Waals surface area contributed by atoms with Crippen LogP contribution in [0.5, 0.6) is 5.75 Å². The van der Waals surface area contributed by atoms with Crippen LogP contribution in [0.3, 0.4) is 0 Å². The highest BCUT2D eigenvalue weighted by molar-refractivity contribution is 7.05. The van der Waals surface area contributed by atoms with Crippen molar-refractivity contribution in [3.8, 4) is 5.75 Å². The molecule has 2 rings (SSSR count). The smallest absolute Gasteiger partial charge is 0.119 e. The number of aromatic nitrogens is 2. The largest absolute Gasteiger partial charge is 0.491 e. The molecule has 1 unspecified atom stereocenters. The molecule has 1 atom stereocenters. The molecule has 0 aliphatic carbocycles. The zero-order valence-electron chi connectivity index (χ0n) is 12.0. The first-order chi connectivity index (χ1) is 9.61. The summed E-state index contributed by atoms with van der Waals surface area (Å²) in [6.07, 6.45) is 1.32. The van der Waals surface area contributed by atoms with Crippen molar-refractivity contribution in [2.75, 3.05) is 0 Å². The number of aliphatic hydroxyl groups is 1. The average Bonchev–Trinajstić information content (AvgIpc) is 2.87. The summed E-state index contributed by atoms with van der Waals surface area (Å²) in [5, 5.41) is 14.5. The molecule has 1 aromatic heterocycles. The molecule has 4 nitrogen and oxygen atoms in total. The lowest BCUT2D eigenvalue weighted by Crippen LogP contribution is -2.06. The molecule has 1 N–H and O–H groups in total. The van der Waals surface area contributed by atoms with Gasteiger partial charge in [0, 0.05) is 0 Å². The minimum absolute atomic E-state index is 0.146. The molecule has 0 aliphatic heterocycles. The van der Waals surface area contributed by atoms with Gasteiger partial charge in [-0.15, -0.1) is 5.10 Å². The Labute approximate surface area is 123 Å². The van der Waals surface area contributed by atoms with E-state index in [1.165, 1.54) is 11.5 Å². The fourth-order valence-electron chi connectivity index (χ4n) is 1.99. The summed E-state index contributed by atoms with van der Waals surface area (Å²) in [7, 11) is 0. The van der Waals surface area contributed by atoms with Gasteiger partial charge in [0.25, 0.3) is 0 Å². The summed E-state index contributed by atoms with van der Waals surface area (Å²) in [5.41, 5.74) is 1.73. The second-order valence-corrected chi connectivity index (χ2v) is 5.76. The summed E-state index contributed by atoms with van der Waals surface area (Å²) in [4.78, 5) is 0.837. The van der Waals surface area contributed by atoms with Crippen molar-refractivity contribution in [3.63, 3.8) is 0 Å². The highest BCUT2D eigenvalue weighted by atomic mass is 32.1. The van der Waals surface area contributed by atoms with Crippen molar-refractivity contribution in [1.29, 1.82) is 0 Å². The molecule has 0 bridgehead atoms. The molecule has 0 fully saturated rings. The van der Waals surface area contributed by atoms with E-state index in [0.717, 1.165) is 34.7 Å². The van der Waals surface area contributed by atoms with Crippen LogP contribution in [-0.2, 0) is 6.42 Å². The van der Waals surface area contributed by atoms with Crippen LogP contribution in [0.1, 0.15) is 49.4 Å². The van der Waals surface area contributed by atoms with Crippen LogP contribution in [-0.4, -0.2) is 20.8 Å². The number of aliphatic hydroxyl groups excluding tert-OH is 1. The lowest BCUT2D eigenvalue weighted by atomic mass is 10.1. The Morgan fingerprint density at radius 3 is 2.55 bits per heavy atom. The predicted octanol–water partition coefficient (Wildman–Crippen LogP) is 3.36. The summed E-state index contributed by atoms with van der Waals surface area (Å²) in [6, 6.07) is 7.54. The lowest BCUT2D eigenvalue weighted by Gasteiger charge is -2.13. The zero-order chi connectivity index (χ0) is 14.5. The third-order valence-electron chi connectivity index (χ3n) is 2.89. The van der Waals surface area contributed by atoms with E-state index in [0.29, 0.717) is 0 Å². The van der Waals surface area contributed by atoms with E-state index >= 15 is 0 Å². The molecule has 1 heterocycles. The molecule has 0 amide bonds. The fraction of sp³-hybridized carbons (Fsp3) is 0.467. The van der Waals surface area contributed by atoms with Crippen molar-refractivity contribution >= 4 is 11.5 Å². The van der Waals surface area contributed by atoms with Gasteiger partial charge in [0.2, 0.25) is 0 Å². The third kappa shape index (κ3) is 3.55. The highest BCUT2D eigenvalue weighted by Gasteiger charge is 2.18. The van der Waals surface area contributed by atoms with E-state index in [9.17, 15) is 5.11 Å². The molecule has 1 aromatic carbocycles. The van der Waals surface area contributed by atoms with Gasteiger partial charge in [-0.3, -0.25) is 0 Å². The van der Waals surface area contributed by atoms with Crippen LogP contribution < -0.4 is 4.74 Å². The second kappa shape index (κ2) is 6.81. The van der Waals surface area contributed by atoms with Gasteiger partial charge >= 0.3 is 0 Å². The van der Waals surface area contributed by atoms with Crippen LogP contribution in [0.2, 0.25) is 0 Å². The van der Waals surface area contributed by atoms with Crippen molar-refractivity contribution < 1.29 is 9.84 Å². The standard InChI is InChI=1S/C15H20N2O2S/c1-4-5-13-15(20-17-16-13)14(18)11-6-8-12(9-7-11)19-10(2)3/h6-10,14,18H,4-5H2,1-3H3. The maximum absolute atomic E-state index is 10.5. The highest BCUT2D eigenvalue weighted by Crippen LogP contribution is 2.28. The summed E-state index contributed by atoms with van der Waals surface area (Å²) >= 11 is 1.26. The first-order valence-corrected chi connectivity index (χ1v) is 7.65. The van der Waals surface area contributed by atoms with Crippen LogP contribution >= 0.6 is 11.5 Å². The minimum atomic E-state index is -0.662. The molecular weight excluding hydrogens is 272 g/mol.